The molecule has 4 rings (SSSR count). The Bertz CT molecular complexity index is 1140. The van der Waals surface area contributed by atoms with Gasteiger partial charge in [0.15, 0.2) is 0 Å². The number of nitrogens with zero attached hydrogens (tertiary/aromatic N) is 3. The molecule has 0 saturated heterocycles. The SMILES string of the molecule is CCCCN1C(=O)NC(c2ccc(SC)cc2)C(c2nc(-c3cccc(C)c3)no2)=C1C. The van der Waals surface area contributed by atoms with Gasteiger partial charge in [-0.2, -0.15) is 4.98 Å². The average molecular weight is 449 g/mol. The highest BCUT2D eigenvalue weighted by molar-refractivity contribution is 7.98. The smallest absolute Gasteiger partial charge is 0.322 e. The summed E-state index contributed by atoms with van der Waals surface area (Å²) in [5.74, 6) is 0.969. The van der Waals surface area contributed by atoms with Gasteiger partial charge in [0.1, 0.15) is 0 Å². The van der Waals surface area contributed by atoms with Crippen molar-refractivity contribution < 1.29 is 9.32 Å². The molecule has 2 amide bonds. The van der Waals surface area contributed by atoms with Crippen molar-refractivity contribution in [1.82, 2.24) is 20.4 Å². The first-order chi connectivity index (χ1) is 15.5. The molecule has 166 valence electrons. The molecule has 0 saturated carbocycles. The summed E-state index contributed by atoms with van der Waals surface area (Å²) in [4.78, 5) is 20.6. The fourth-order valence-corrected chi connectivity index (χ4v) is 4.33. The van der Waals surface area contributed by atoms with Crippen molar-refractivity contribution in [2.24, 2.45) is 0 Å². The van der Waals surface area contributed by atoms with E-state index in [4.69, 9.17) is 9.51 Å². The quantitative estimate of drug-likeness (QED) is 0.445. The highest BCUT2D eigenvalue weighted by Crippen LogP contribution is 2.37. The number of hydrogen-bond acceptors (Lipinski definition) is 5. The third-order valence-corrected chi connectivity index (χ3v) is 6.46. The second-order valence-electron chi connectivity index (χ2n) is 7.95. The van der Waals surface area contributed by atoms with Gasteiger partial charge in [0.2, 0.25) is 5.82 Å². The van der Waals surface area contributed by atoms with Crippen molar-refractivity contribution in [3.8, 4) is 11.4 Å². The van der Waals surface area contributed by atoms with E-state index in [2.05, 4.69) is 29.5 Å². The summed E-state index contributed by atoms with van der Waals surface area (Å²) < 4.78 is 5.75. The number of allylic oxidation sites excluding steroid dienone is 1. The van der Waals surface area contributed by atoms with Crippen LogP contribution in [-0.2, 0) is 0 Å². The molecule has 1 N–H and O–H groups in total. The molecule has 1 aliphatic rings. The summed E-state index contributed by atoms with van der Waals surface area (Å²) in [5.41, 5.74) is 4.70. The number of unbranched alkanes of at least 4 members (excludes halogenated alkanes) is 1. The molecular weight excluding hydrogens is 420 g/mol. The average Bonchev–Trinajstić information content (AvgIpc) is 3.28. The number of rotatable bonds is 7. The lowest BCUT2D eigenvalue weighted by Gasteiger charge is -2.35. The van der Waals surface area contributed by atoms with Crippen molar-refractivity contribution in [3.63, 3.8) is 0 Å². The molecule has 0 spiro atoms. The first kappa shape index (κ1) is 22.1. The van der Waals surface area contributed by atoms with Crippen LogP contribution in [0.1, 0.15) is 49.7 Å². The minimum atomic E-state index is -0.359. The van der Waals surface area contributed by atoms with Crippen LogP contribution in [0.4, 0.5) is 4.79 Å². The molecule has 1 aliphatic heterocycles. The van der Waals surface area contributed by atoms with Crippen molar-refractivity contribution >= 4 is 23.4 Å². The number of thioether (sulfide) groups is 1. The van der Waals surface area contributed by atoms with Crippen LogP contribution in [0.2, 0.25) is 0 Å². The number of urea groups is 1. The van der Waals surface area contributed by atoms with Gasteiger partial charge >= 0.3 is 6.03 Å². The van der Waals surface area contributed by atoms with E-state index in [9.17, 15) is 4.79 Å². The highest BCUT2D eigenvalue weighted by Gasteiger charge is 2.35. The predicted molar refractivity (Wildman–Crippen MR) is 128 cm³/mol. The molecule has 3 aromatic rings. The van der Waals surface area contributed by atoms with E-state index in [1.165, 1.54) is 4.90 Å². The number of hydrogen-bond donors (Lipinski definition) is 1. The molecular formula is C25H28N4O2S. The fourth-order valence-electron chi connectivity index (χ4n) is 3.92. The highest BCUT2D eigenvalue weighted by atomic mass is 32.2. The Hall–Kier alpha value is -3.06. The molecule has 0 radical (unpaired) electrons. The predicted octanol–water partition coefficient (Wildman–Crippen LogP) is 6.06. The summed E-state index contributed by atoms with van der Waals surface area (Å²) in [6.45, 7) is 6.76. The number of aryl methyl sites for hydroxylation is 1. The minimum absolute atomic E-state index is 0.0999. The van der Waals surface area contributed by atoms with E-state index in [-0.39, 0.29) is 12.1 Å². The van der Waals surface area contributed by atoms with Crippen LogP contribution in [0, 0.1) is 6.92 Å². The topological polar surface area (TPSA) is 71.3 Å². The zero-order chi connectivity index (χ0) is 22.7. The maximum atomic E-state index is 13.0. The Balaban J connectivity index is 1.79. The van der Waals surface area contributed by atoms with Crippen molar-refractivity contribution in [1.29, 1.82) is 0 Å². The van der Waals surface area contributed by atoms with Crippen molar-refractivity contribution in [2.75, 3.05) is 12.8 Å². The summed E-state index contributed by atoms with van der Waals surface area (Å²) in [6, 6.07) is 15.8. The molecule has 6 nitrogen and oxygen atoms in total. The maximum Gasteiger partial charge on any atom is 0.322 e. The lowest BCUT2D eigenvalue weighted by Crippen LogP contribution is -2.46. The number of benzene rings is 2. The fraction of sp³-hybridized carbons (Fsp3) is 0.320. The molecule has 0 aliphatic carbocycles. The van der Waals surface area contributed by atoms with Gasteiger partial charge in [0.05, 0.1) is 11.6 Å². The minimum Gasteiger partial charge on any atom is -0.334 e. The maximum absolute atomic E-state index is 13.0. The summed E-state index contributed by atoms with van der Waals surface area (Å²) >= 11 is 1.69. The first-order valence-electron chi connectivity index (χ1n) is 10.9. The first-order valence-corrected chi connectivity index (χ1v) is 12.1. The van der Waals surface area contributed by atoms with Gasteiger partial charge < -0.3 is 9.84 Å². The zero-order valence-corrected chi connectivity index (χ0v) is 19.7. The zero-order valence-electron chi connectivity index (χ0n) is 18.9. The molecule has 0 fully saturated rings. The standard InChI is InChI=1S/C25H28N4O2S/c1-5-6-14-29-17(3)21(22(26-25(29)30)18-10-12-20(32-4)13-11-18)24-27-23(28-31-24)19-9-7-8-16(2)15-19/h7-13,15,22H,5-6,14H2,1-4H3,(H,26,30). The normalized spacial score (nSPS) is 16.4. The van der Waals surface area contributed by atoms with Gasteiger partial charge in [-0.15, -0.1) is 11.8 Å². The molecule has 7 heteroatoms. The molecule has 1 aromatic heterocycles. The van der Waals surface area contributed by atoms with Crippen LogP contribution in [0.25, 0.3) is 17.0 Å². The van der Waals surface area contributed by atoms with E-state index in [1.807, 2.05) is 56.5 Å². The second kappa shape index (κ2) is 9.61. The Morgan fingerprint density at radius 3 is 2.62 bits per heavy atom. The van der Waals surface area contributed by atoms with Crippen LogP contribution in [0.3, 0.4) is 0 Å². The van der Waals surface area contributed by atoms with E-state index in [0.29, 0.717) is 18.3 Å². The Kier molecular flexibility index (Phi) is 6.65. The number of carbonyl (C=O) groups excluding carboxylic acids is 1. The Labute approximate surface area is 193 Å². The van der Waals surface area contributed by atoms with E-state index >= 15 is 0 Å². The van der Waals surface area contributed by atoms with Gasteiger partial charge in [-0.05, 0) is 50.3 Å². The van der Waals surface area contributed by atoms with Gasteiger partial charge in [-0.25, -0.2) is 4.79 Å². The number of aromatic nitrogens is 2. The largest absolute Gasteiger partial charge is 0.334 e. The van der Waals surface area contributed by atoms with Crippen LogP contribution in [0.5, 0.6) is 0 Å². The monoisotopic (exact) mass is 448 g/mol. The molecule has 0 bridgehead atoms. The summed E-state index contributed by atoms with van der Waals surface area (Å²) in [7, 11) is 0. The third kappa shape index (κ3) is 4.43. The van der Waals surface area contributed by atoms with Crippen LogP contribution in [0.15, 0.2) is 63.6 Å². The second-order valence-corrected chi connectivity index (χ2v) is 8.83. The Morgan fingerprint density at radius 1 is 1.16 bits per heavy atom. The Morgan fingerprint density at radius 2 is 1.94 bits per heavy atom. The molecule has 2 aromatic carbocycles. The molecule has 32 heavy (non-hydrogen) atoms. The lowest BCUT2D eigenvalue weighted by atomic mass is 9.94. The third-order valence-electron chi connectivity index (χ3n) is 5.71. The van der Waals surface area contributed by atoms with Gasteiger partial charge in [0.25, 0.3) is 5.89 Å². The van der Waals surface area contributed by atoms with Crippen LogP contribution < -0.4 is 5.32 Å². The number of amides is 2. The van der Waals surface area contributed by atoms with Crippen molar-refractivity contribution in [2.45, 2.75) is 44.6 Å². The lowest BCUT2D eigenvalue weighted by molar-refractivity contribution is 0.204. The summed E-state index contributed by atoms with van der Waals surface area (Å²) in [6.07, 6.45) is 3.97. The summed E-state index contributed by atoms with van der Waals surface area (Å²) in [5, 5.41) is 7.40. The molecule has 2 heterocycles. The number of carbonyl (C=O) groups is 1. The van der Waals surface area contributed by atoms with Crippen molar-refractivity contribution in [3.05, 3.63) is 71.2 Å². The molecule has 1 atom stereocenters. The van der Waals surface area contributed by atoms with Crippen LogP contribution in [-0.4, -0.2) is 33.9 Å². The van der Waals surface area contributed by atoms with E-state index in [1.54, 1.807) is 16.7 Å². The number of nitrogens with one attached hydrogen (secondary N) is 1. The van der Waals surface area contributed by atoms with E-state index in [0.717, 1.165) is 40.8 Å². The molecule has 1 unspecified atom stereocenters. The van der Waals surface area contributed by atoms with Crippen LogP contribution >= 0.6 is 11.8 Å². The van der Waals surface area contributed by atoms with Gasteiger partial charge in [-0.3, -0.25) is 4.90 Å². The van der Waals surface area contributed by atoms with Gasteiger partial charge in [0, 0.05) is 22.7 Å². The van der Waals surface area contributed by atoms with Gasteiger partial charge in [-0.1, -0.05) is 54.4 Å². The van der Waals surface area contributed by atoms with E-state index < -0.39 is 0 Å².